The fourth-order valence-electron chi connectivity index (χ4n) is 3.17. The van der Waals surface area contributed by atoms with Crippen molar-refractivity contribution in [2.45, 2.75) is 31.8 Å². The molecule has 37 heavy (non-hydrogen) atoms. The molecule has 196 valence electrons. The van der Waals surface area contributed by atoms with Crippen molar-refractivity contribution >= 4 is 43.9 Å². The number of pyridine rings is 1. The number of fused-ring (bicyclic) bond motifs is 1. The van der Waals surface area contributed by atoms with Crippen molar-refractivity contribution in [2.75, 3.05) is 13.6 Å². The number of benzene rings is 2. The van der Waals surface area contributed by atoms with Gasteiger partial charge >= 0.3 is 0 Å². The van der Waals surface area contributed by atoms with Gasteiger partial charge in [-0.15, -0.1) is 0 Å². The van der Waals surface area contributed by atoms with Gasteiger partial charge in [0.1, 0.15) is 22.6 Å². The Bertz CT molecular complexity index is 1430. The SMILES string of the molecule is CCN(C)C=Nc1cc(Br)c(OC(C)c2cc(F)cc(F)c2)nc1C.O=C1NS(=O)(=O)c2ccccc21. The van der Waals surface area contributed by atoms with Crippen LogP contribution in [0.3, 0.4) is 0 Å². The van der Waals surface area contributed by atoms with E-state index in [1.54, 1.807) is 31.5 Å². The van der Waals surface area contributed by atoms with Crippen LogP contribution in [-0.2, 0) is 10.0 Å². The Kier molecular flexibility index (Phi) is 8.98. The Morgan fingerprint density at radius 1 is 1.19 bits per heavy atom. The van der Waals surface area contributed by atoms with Crippen molar-refractivity contribution in [3.05, 3.63) is 81.5 Å². The van der Waals surface area contributed by atoms with E-state index in [9.17, 15) is 22.0 Å². The highest BCUT2D eigenvalue weighted by molar-refractivity contribution is 9.10. The Morgan fingerprint density at radius 2 is 1.84 bits per heavy atom. The third kappa shape index (κ3) is 7.10. The molecule has 0 spiro atoms. The van der Waals surface area contributed by atoms with Crippen LogP contribution >= 0.6 is 15.9 Å². The van der Waals surface area contributed by atoms with Gasteiger partial charge < -0.3 is 9.64 Å². The van der Waals surface area contributed by atoms with Crippen molar-refractivity contribution in [1.29, 1.82) is 0 Å². The Balaban J connectivity index is 0.000000262. The maximum atomic E-state index is 13.4. The van der Waals surface area contributed by atoms with E-state index >= 15 is 0 Å². The second-order valence-corrected chi connectivity index (χ2v) is 10.6. The second kappa shape index (κ2) is 11.8. The molecule has 2 heterocycles. The van der Waals surface area contributed by atoms with Gasteiger partial charge in [0.15, 0.2) is 0 Å². The first-order valence-corrected chi connectivity index (χ1v) is 13.4. The zero-order chi connectivity index (χ0) is 27.3. The first-order valence-electron chi connectivity index (χ1n) is 11.1. The standard InChI is InChI=1S/C18H20BrF2N3O.C7H5NO3S/c1-5-24(4)10-22-17-9-16(19)18(23-11(17)2)25-12(3)13-6-14(20)8-15(21)7-13;9-7-5-3-1-2-4-6(5)12(10,11)8-7/h6-10,12H,5H2,1-4H3;1-4H,(H,8,9). The van der Waals surface area contributed by atoms with E-state index in [0.29, 0.717) is 27.3 Å². The smallest absolute Gasteiger partial charge is 0.266 e. The van der Waals surface area contributed by atoms with Crippen molar-refractivity contribution in [1.82, 2.24) is 14.6 Å². The number of aromatic nitrogens is 1. The predicted molar refractivity (Wildman–Crippen MR) is 140 cm³/mol. The molecule has 1 unspecified atom stereocenters. The molecule has 1 N–H and O–H groups in total. The third-order valence-corrected chi connectivity index (χ3v) is 7.25. The van der Waals surface area contributed by atoms with Gasteiger partial charge in [-0.3, -0.25) is 4.79 Å². The summed E-state index contributed by atoms with van der Waals surface area (Å²) in [6, 6.07) is 11.2. The number of aryl methyl sites for hydroxylation is 1. The molecule has 0 bridgehead atoms. The van der Waals surface area contributed by atoms with Gasteiger partial charge in [0.25, 0.3) is 15.9 Å². The van der Waals surface area contributed by atoms with Crippen LogP contribution in [0, 0.1) is 18.6 Å². The zero-order valence-electron chi connectivity index (χ0n) is 20.5. The van der Waals surface area contributed by atoms with Gasteiger partial charge in [0.2, 0.25) is 5.88 Å². The lowest BCUT2D eigenvalue weighted by Gasteiger charge is -2.16. The average molecular weight is 595 g/mol. The van der Waals surface area contributed by atoms with Crippen LogP contribution in [-0.4, -0.2) is 44.1 Å². The molecule has 8 nitrogen and oxygen atoms in total. The molecule has 0 aliphatic carbocycles. The van der Waals surface area contributed by atoms with Crippen LogP contribution < -0.4 is 9.46 Å². The van der Waals surface area contributed by atoms with Gasteiger partial charge in [0, 0.05) is 19.7 Å². The first kappa shape index (κ1) is 28.2. The molecule has 12 heteroatoms. The minimum atomic E-state index is -3.55. The number of sulfonamides is 1. The van der Waals surface area contributed by atoms with Crippen LogP contribution in [0.1, 0.15) is 41.6 Å². The van der Waals surface area contributed by atoms with Gasteiger partial charge in [-0.1, -0.05) is 12.1 Å². The minimum Gasteiger partial charge on any atom is -0.469 e. The van der Waals surface area contributed by atoms with E-state index in [4.69, 9.17) is 4.74 Å². The summed E-state index contributed by atoms with van der Waals surface area (Å²) in [6.45, 7) is 6.41. The quantitative estimate of drug-likeness (QED) is 0.307. The topological polar surface area (TPSA) is 101 Å². The molecule has 0 radical (unpaired) electrons. The van der Waals surface area contributed by atoms with E-state index in [2.05, 4.69) is 25.9 Å². The highest BCUT2D eigenvalue weighted by Crippen LogP contribution is 2.32. The van der Waals surface area contributed by atoms with Crippen LogP contribution in [0.15, 0.2) is 62.9 Å². The number of amides is 1. The van der Waals surface area contributed by atoms with Gasteiger partial charge in [-0.2, -0.15) is 0 Å². The first-order chi connectivity index (χ1) is 17.4. The normalized spacial score (nSPS) is 14.4. The molecule has 0 saturated carbocycles. The number of halogens is 3. The summed E-state index contributed by atoms with van der Waals surface area (Å²) in [7, 11) is -1.63. The number of rotatable bonds is 6. The molecule has 1 aliphatic heterocycles. The van der Waals surface area contributed by atoms with Gasteiger partial charge in [-0.25, -0.2) is 31.9 Å². The van der Waals surface area contributed by atoms with E-state index in [0.717, 1.165) is 12.6 Å². The number of ether oxygens (including phenoxy) is 1. The largest absolute Gasteiger partial charge is 0.469 e. The number of carbonyl (C=O) groups excluding carboxylic acids is 1. The Hall–Kier alpha value is -3.38. The molecule has 1 atom stereocenters. The summed E-state index contributed by atoms with van der Waals surface area (Å²) in [4.78, 5) is 21.8. The molecule has 0 fully saturated rings. The van der Waals surface area contributed by atoms with Gasteiger partial charge in [-0.05, 0) is 72.6 Å². The average Bonchev–Trinajstić information content (AvgIpc) is 3.08. The Labute approximate surface area is 222 Å². The molecule has 4 rings (SSSR count). The molecule has 1 aromatic heterocycles. The molecule has 3 aromatic rings. The van der Waals surface area contributed by atoms with Crippen LogP contribution in [0.4, 0.5) is 14.5 Å². The lowest BCUT2D eigenvalue weighted by molar-refractivity contribution is 0.0985. The molecule has 1 aliphatic rings. The number of nitrogens with one attached hydrogen (secondary N) is 1. The molecule has 0 saturated heterocycles. The van der Waals surface area contributed by atoms with Crippen LogP contribution in [0.25, 0.3) is 0 Å². The fraction of sp³-hybridized carbons (Fsp3) is 0.240. The van der Waals surface area contributed by atoms with Crippen LogP contribution in [0.5, 0.6) is 5.88 Å². The summed E-state index contributed by atoms with van der Waals surface area (Å²) in [5.74, 6) is -1.49. The summed E-state index contributed by atoms with van der Waals surface area (Å²) >= 11 is 3.41. The summed E-state index contributed by atoms with van der Waals surface area (Å²) in [5.41, 5.74) is 2.02. The van der Waals surface area contributed by atoms with E-state index < -0.39 is 33.7 Å². The number of hydrogen-bond donors (Lipinski definition) is 1. The number of aliphatic imine (C=N–C) groups is 1. The number of carbonyl (C=O) groups is 1. The third-order valence-electron chi connectivity index (χ3n) is 5.29. The maximum Gasteiger partial charge on any atom is 0.266 e. The lowest BCUT2D eigenvalue weighted by Crippen LogP contribution is -2.20. The lowest BCUT2D eigenvalue weighted by atomic mass is 10.1. The summed E-state index contributed by atoms with van der Waals surface area (Å²) < 4.78 is 57.3. The summed E-state index contributed by atoms with van der Waals surface area (Å²) in [5, 5.41) is 0. The van der Waals surface area contributed by atoms with Crippen molar-refractivity contribution in [2.24, 2.45) is 4.99 Å². The fourth-order valence-corrected chi connectivity index (χ4v) is 4.74. The van der Waals surface area contributed by atoms with E-state index in [1.165, 1.54) is 24.3 Å². The van der Waals surface area contributed by atoms with E-state index in [-0.39, 0.29) is 10.5 Å². The summed E-state index contributed by atoms with van der Waals surface area (Å²) in [6.07, 6.45) is 1.17. The van der Waals surface area contributed by atoms with Crippen molar-refractivity contribution in [3.8, 4) is 5.88 Å². The maximum absolute atomic E-state index is 13.4. The molecule has 1 amide bonds. The van der Waals surface area contributed by atoms with E-state index in [1.807, 2.05) is 30.5 Å². The van der Waals surface area contributed by atoms with Crippen molar-refractivity contribution < 1.29 is 26.7 Å². The van der Waals surface area contributed by atoms with Crippen LogP contribution in [0.2, 0.25) is 0 Å². The molecular formula is C25H25BrF2N4O4S. The predicted octanol–water partition coefficient (Wildman–Crippen LogP) is 5.30. The Morgan fingerprint density at radius 3 is 2.46 bits per heavy atom. The second-order valence-electron chi connectivity index (χ2n) is 8.09. The highest BCUT2D eigenvalue weighted by atomic mass is 79.9. The number of hydrogen-bond acceptors (Lipinski definition) is 6. The highest BCUT2D eigenvalue weighted by Gasteiger charge is 2.31. The number of nitrogens with zero attached hydrogens (tertiary/aromatic N) is 3. The monoisotopic (exact) mass is 594 g/mol. The van der Waals surface area contributed by atoms with Gasteiger partial charge in [0.05, 0.1) is 27.8 Å². The zero-order valence-corrected chi connectivity index (χ0v) is 22.9. The molecular weight excluding hydrogens is 570 g/mol. The molecule has 2 aromatic carbocycles. The minimum absolute atomic E-state index is 0.0648. The van der Waals surface area contributed by atoms with Crippen molar-refractivity contribution in [3.63, 3.8) is 0 Å².